The molecule has 0 heterocycles. The van der Waals surface area contributed by atoms with Crippen LogP contribution in [-0.2, 0) is 11.2 Å². The predicted molar refractivity (Wildman–Crippen MR) is 90.2 cm³/mol. The number of halogens is 2. The molecular weight excluding hydrogens is 341 g/mol. The molecule has 1 amide bonds. The lowest BCUT2D eigenvalue weighted by Crippen LogP contribution is -2.11. The highest BCUT2D eigenvalue weighted by atomic mass is 35.5. The number of amides is 1. The van der Waals surface area contributed by atoms with Crippen molar-refractivity contribution in [3.63, 3.8) is 0 Å². The minimum atomic E-state index is -0.711. The summed E-state index contributed by atoms with van der Waals surface area (Å²) in [5, 5.41) is 20.4. The fourth-order valence-electron chi connectivity index (χ4n) is 1.74. The number of phenolic OH excluding ortho intramolecular Hbond substituents is 2. The largest absolute Gasteiger partial charge is 0.508 e. The minimum Gasteiger partial charge on any atom is -0.508 e. The van der Waals surface area contributed by atoms with Crippen LogP contribution in [0, 0.1) is 0 Å². The van der Waals surface area contributed by atoms with Crippen LogP contribution in [-0.4, -0.2) is 22.9 Å². The molecule has 4 N–H and O–H groups in total. The molecule has 0 atom stereocenters. The molecule has 23 heavy (non-hydrogen) atoms. The molecule has 0 saturated carbocycles. The van der Waals surface area contributed by atoms with Gasteiger partial charge >= 0.3 is 6.09 Å². The van der Waals surface area contributed by atoms with Crippen LogP contribution in [0.3, 0.4) is 0 Å². The molecule has 0 aromatic heterocycles. The van der Waals surface area contributed by atoms with Gasteiger partial charge in [-0.2, -0.15) is 0 Å². The number of aromatic hydroxyl groups is 2. The second kappa shape index (κ2) is 9.12. The Morgan fingerprint density at radius 1 is 1.04 bits per heavy atom. The molecule has 0 saturated heterocycles. The van der Waals surface area contributed by atoms with Crippen LogP contribution < -0.4 is 5.73 Å². The summed E-state index contributed by atoms with van der Waals surface area (Å²) < 4.78 is 4.18. The lowest BCUT2D eigenvalue weighted by atomic mass is 10.0. The van der Waals surface area contributed by atoms with Gasteiger partial charge in [-0.05, 0) is 54.4 Å². The van der Waals surface area contributed by atoms with Gasteiger partial charge in [0.05, 0.1) is 6.61 Å². The van der Waals surface area contributed by atoms with E-state index in [9.17, 15) is 15.0 Å². The maximum Gasteiger partial charge on any atom is 0.404 e. The van der Waals surface area contributed by atoms with Crippen LogP contribution in [0.2, 0.25) is 10.0 Å². The van der Waals surface area contributed by atoms with E-state index in [2.05, 4.69) is 10.5 Å². The summed E-state index contributed by atoms with van der Waals surface area (Å²) >= 11 is 11.7. The van der Waals surface area contributed by atoms with E-state index in [-0.39, 0.29) is 11.5 Å². The number of nitrogens with two attached hydrogens (primary N) is 1. The molecule has 0 unspecified atom stereocenters. The van der Waals surface area contributed by atoms with Gasteiger partial charge in [-0.3, -0.25) is 0 Å². The smallest absolute Gasteiger partial charge is 0.404 e. The van der Waals surface area contributed by atoms with Crippen LogP contribution in [0.15, 0.2) is 36.4 Å². The van der Waals surface area contributed by atoms with Crippen molar-refractivity contribution < 1.29 is 19.7 Å². The third-order valence-corrected chi connectivity index (χ3v) is 3.22. The number of carbonyl (C=O) groups is 1. The summed E-state index contributed by atoms with van der Waals surface area (Å²) in [4.78, 5) is 9.60. The molecule has 0 aliphatic carbocycles. The van der Waals surface area contributed by atoms with Crippen molar-refractivity contribution in [2.24, 2.45) is 5.73 Å². The maximum absolute atomic E-state index is 9.68. The van der Waals surface area contributed by atoms with Gasteiger partial charge in [-0.15, -0.1) is 0 Å². The summed E-state index contributed by atoms with van der Waals surface area (Å²) in [6, 6.07) is 9.60. The number of ether oxygens (including phenoxy) is 1. The van der Waals surface area contributed by atoms with Gasteiger partial charge in [0, 0.05) is 16.5 Å². The lowest BCUT2D eigenvalue weighted by molar-refractivity contribution is 0.163. The van der Waals surface area contributed by atoms with Crippen molar-refractivity contribution in [1.82, 2.24) is 0 Å². The first kappa shape index (κ1) is 18.9. The monoisotopic (exact) mass is 357 g/mol. The molecule has 2 aromatic carbocycles. The Morgan fingerprint density at radius 2 is 1.48 bits per heavy atom. The predicted octanol–water partition coefficient (Wildman–Crippen LogP) is 4.10. The zero-order valence-corrected chi connectivity index (χ0v) is 13.9. The van der Waals surface area contributed by atoms with Gasteiger partial charge in [-0.25, -0.2) is 4.79 Å². The quantitative estimate of drug-likeness (QED) is 0.770. The number of benzene rings is 2. The molecule has 2 aromatic rings. The van der Waals surface area contributed by atoms with Crippen molar-refractivity contribution in [3.8, 4) is 11.5 Å². The van der Waals surface area contributed by atoms with E-state index in [1.54, 1.807) is 31.2 Å². The Hall–Kier alpha value is -2.11. The average molecular weight is 358 g/mol. The van der Waals surface area contributed by atoms with E-state index in [0.717, 1.165) is 0 Å². The number of hydrogen-bond donors (Lipinski definition) is 3. The molecule has 2 rings (SSSR count). The van der Waals surface area contributed by atoms with Gasteiger partial charge < -0.3 is 20.7 Å². The number of phenols is 2. The third kappa shape index (κ3) is 6.67. The van der Waals surface area contributed by atoms with E-state index < -0.39 is 6.09 Å². The zero-order valence-electron chi connectivity index (χ0n) is 12.4. The highest BCUT2D eigenvalue weighted by Crippen LogP contribution is 2.29. The fourth-order valence-corrected chi connectivity index (χ4v) is 2.13. The Bertz CT molecular complexity index is 628. The van der Waals surface area contributed by atoms with Gasteiger partial charge in [0.2, 0.25) is 0 Å². The molecule has 0 spiro atoms. The molecule has 5 nitrogen and oxygen atoms in total. The van der Waals surface area contributed by atoms with Gasteiger partial charge in [0.25, 0.3) is 0 Å². The van der Waals surface area contributed by atoms with Crippen LogP contribution in [0.5, 0.6) is 11.5 Å². The standard InChI is InChI=1S/C13H10Cl2O2.C3H7NO2/c14-10-1-3-12(16)8(6-10)5-9-7-11(15)2-4-13(9)17;1-2-6-3(4)5/h1-4,6-7,16-17H,5H2;2H2,1H3,(H2,4,5). The molecule has 0 radical (unpaired) electrons. The lowest BCUT2D eigenvalue weighted by Gasteiger charge is -2.07. The number of primary amides is 1. The molecule has 0 fully saturated rings. The molecule has 0 aliphatic heterocycles. The van der Waals surface area contributed by atoms with Crippen molar-refractivity contribution in [2.75, 3.05) is 6.61 Å². The molecule has 7 heteroatoms. The first-order valence-corrected chi connectivity index (χ1v) is 7.46. The SMILES string of the molecule is CCOC(N)=O.Oc1ccc(Cl)cc1Cc1cc(Cl)ccc1O. The summed E-state index contributed by atoms with van der Waals surface area (Å²) in [6.07, 6.45) is -0.337. The Kier molecular flexibility index (Phi) is 7.51. The highest BCUT2D eigenvalue weighted by Gasteiger charge is 2.07. The van der Waals surface area contributed by atoms with Crippen LogP contribution >= 0.6 is 23.2 Å². The van der Waals surface area contributed by atoms with E-state index >= 15 is 0 Å². The van der Waals surface area contributed by atoms with Gasteiger partial charge in [0.1, 0.15) is 11.5 Å². The molecule has 0 aliphatic rings. The fraction of sp³-hybridized carbons (Fsp3) is 0.188. The Labute approximate surface area is 144 Å². The Balaban J connectivity index is 0.000000379. The van der Waals surface area contributed by atoms with Crippen molar-refractivity contribution in [1.29, 1.82) is 0 Å². The first-order chi connectivity index (χ1) is 10.8. The first-order valence-electron chi connectivity index (χ1n) is 6.70. The molecule has 0 bridgehead atoms. The van der Waals surface area contributed by atoms with Crippen molar-refractivity contribution >= 4 is 29.3 Å². The van der Waals surface area contributed by atoms with Gasteiger partial charge in [0.15, 0.2) is 0 Å². The summed E-state index contributed by atoms with van der Waals surface area (Å²) in [6.45, 7) is 2.06. The zero-order chi connectivity index (χ0) is 17.4. The summed E-state index contributed by atoms with van der Waals surface area (Å²) in [5.74, 6) is 0.294. The number of rotatable bonds is 3. The summed E-state index contributed by atoms with van der Waals surface area (Å²) in [5.41, 5.74) is 5.84. The number of hydrogen-bond acceptors (Lipinski definition) is 4. The van der Waals surface area contributed by atoms with Crippen LogP contribution in [0.1, 0.15) is 18.1 Å². The maximum atomic E-state index is 9.68. The second-order valence-corrected chi connectivity index (χ2v) is 5.35. The van der Waals surface area contributed by atoms with Crippen LogP contribution in [0.4, 0.5) is 4.79 Å². The van der Waals surface area contributed by atoms with Crippen molar-refractivity contribution in [2.45, 2.75) is 13.3 Å². The van der Waals surface area contributed by atoms with E-state index in [4.69, 9.17) is 23.2 Å². The highest BCUT2D eigenvalue weighted by molar-refractivity contribution is 6.31. The molecular formula is C16H17Cl2NO4. The third-order valence-electron chi connectivity index (χ3n) is 2.75. The second-order valence-electron chi connectivity index (χ2n) is 4.47. The minimum absolute atomic E-state index is 0.147. The topological polar surface area (TPSA) is 92.8 Å². The van der Waals surface area contributed by atoms with Crippen LogP contribution in [0.25, 0.3) is 0 Å². The average Bonchev–Trinajstić information content (AvgIpc) is 2.47. The van der Waals surface area contributed by atoms with E-state index in [1.807, 2.05) is 0 Å². The number of carbonyl (C=O) groups excluding carboxylic acids is 1. The van der Waals surface area contributed by atoms with Gasteiger partial charge in [-0.1, -0.05) is 23.2 Å². The summed E-state index contributed by atoms with van der Waals surface area (Å²) in [7, 11) is 0. The molecule has 124 valence electrons. The normalized spacial score (nSPS) is 9.70. The van der Waals surface area contributed by atoms with E-state index in [0.29, 0.717) is 34.2 Å². The van der Waals surface area contributed by atoms with E-state index in [1.165, 1.54) is 12.1 Å². The Morgan fingerprint density at radius 3 is 1.78 bits per heavy atom. The van der Waals surface area contributed by atoms with Crippen molar-refractivity contribution in [3.05, 3.63) is 57.6 Å².